The summed E-state index contributed by atoms with van der Waals surface area (Å²) in [6.07, 6.45) is 0. The molecule has 1 aromatic rings. The Balaban J connectivity index is 2.42. The number of fused-ring (bicyclic) bond motifs is 1. The highest BCUT2D eigenvalue weighted by Crippen LogP contribution is 2.38. The van der Waals surface area contributed by atoms with Crippen LogP contribution in [0.25, 0.3) is 0 Å². The van der Waals surface area contributed by atoms with E-state index in [1.54, 1.807) is 0 Å². The van der Waals surface area contributed by atoms with Gasteiger partial charge in [-0.1, -0.05) is 19.1 Å². The van der Waals surface area contributed by atoms with Crippen LogP contribution in [0.15, 0.2) is 18.2 Å². The van der Waals surface area contributed by atoms with E-state index in [-0.39, 0.29) is 0 Å². The monoisotopic (exact) mass is 206 g/mol. The van der Waals surface area contributed by atoms with Crippen LogP contribution >= 0.6 is 0 Å². The lowest BCUT2D eigenvalue weighted by Crippen LogP contribution is -2.20. The Morgan fingerprint density at radius 1 is 1.53 bits per heavy atom. The lowest BCUT2D eigenvalue weighted by Gasteiger charge is -2.16. The summed E-state index contributed by atoms with van der Waals surface area (Å²) in [5.74, 6) is 5.73. The van der Waals surface area contributed by atoms with Crippen LogP contribution in [0, 0.1) is 0 Å². The molecular formula is C12H18N2O. The normalized spacial score (nSPS) is 19.4. The molecule has 0 saturated heterocycles. The average molecular weight is 206 g/mol. The minimum atomic E-state index is 0.505. The first-order chi connectivity index (χ1) is 7.27. The highest BCUT2D eigenvalue weighted by molar-refractivity contribution is 5.62. The Morgan fingerprint density at radius 2 is 2.33 bits per heavy atom. The molecule has 2 rings (SSSR count). The van der Waals surface area contributed by atoms with E-state index in [1.165, 1.54) is 16.8 Å². The van der Waals surface area contributed by atoms with Crippen LogP contribution in [0.3, 0.4) is 0 Å². The van der Waals surface area contributed by atoms with Crippen molar-refractivity contribution in [3.8, 4) is 0 Å². The minimum Gasteiger partial charge on any atom is -0.371 e. The topological polar surface area (TPSA) is 38.5 Å². The van der Waals surface area contributed by atoms with Gasteiger partial charge in [0.05, 0.1) is 6.61 Å². The molecule has 1 aliphatic heterocycles. The number of nitrogens with two attached hydrogens (primary N) is 1. The van der Waals surface area contributed by atoms with Crippen LogP contribution in [0.2, 0.25) is 0 Å². The summed E-state index contributed by atoms with van der Waals surface area (Å²) < 4.78 is 0. The maximum absolute atomic E-state index is 5.15. The van der Waals surface area contributed by atoms with Gasteiger partial charge in [0.1, 0.15) is 0 Å². The third-order valence-corrected chi connectivity index (χ3v) is 3.12. The smallest absolute Gasteiger partial charge is 0.0933 e. The number of nitrogens with zero attached hydrogens (tertiary/aromatic N) is 1. The summed E-state index contributed by atoms with van der Waals surface area (Å²) in [5, 5.41) is 0. The van der Waals surface area contributed by atoms with E-state index in [0.717, 1.165) is 13.1 Å². The molecule has 3 nitrogen and oxygen atoms in total. The van der Waals surface area contributed by atoms with E-state index in [9.17, 15) is 0 Å². The van der Waals surface area contributed by atoms with Gasteiger partial charge in [0.25, 0.3) is 0 Å². The van der Waals surface area contributed by atoms with Crippen molar-refractivity contribution in [2.75, 3.05) is 18.0 Å². The quantitative estimate of drug-likeness (QED) is 0.769. The molecule has 15 heavy (non-hydrogen) atoms. The summed E-state index contributed by atoms with van der Waals surface area (Å²) in [6, 6.07) is 6.36. The third kappa shape index (κ3) is 1.73. The van der Waals surface area contributed by atoms with Crippen molar-refractivity contribution in [2.45, 2.75) is 26.4 Å². The van der Waals surface area contributed by atoms with Crippen LogP contribution in [0.5, 0.6) is 0 Å². The highest BCUT2D eigenvalue weighted by Gasteiger charge is 2.26. The van der Waals surface area contributed by atoms with E-state index in [0.29, 0.717) is 12.5 Å². The average Bonchev–Trinajstić information content (AvgIpc) is 2.57. The van der Waals surface area contributed by atoms with Crippen molar-refractivity contribution >= 4 is 5.69 Å². The van der Waals surface area contributed by atoms with Crippen LogP contribution in [-0.2, 0) is 11.4 Å². The molecule has 1 heterocycles. The summed E-state index contributed by atoms with van der Waals surface area (Å²) in [5.41, 5.74) is 3.97. The molecule has 2 N–H and O–H groups in total. The van der Waals surface area contributed by atoms with Gasteiger partial charge in [-0.2, -0.15) is 0 Å². The molecule has 1 atom stereocenters. The minimum absolute atomic E-state index is 0.505. The Morgan fingerprint density at radius 3 is 3.00 bits per heavy atom. The van der Waals surface area contributed by atoms with Crippen LogP contribution in [0.4, 0.5) is 5.69 Å². The maximum atomic E-state index is 5.15. The number of hydrogen-bond donors (Lipinski definition) is 1. The molecule has 0 spiro atoms. The molecule has 82 valence electrons. The molecule has 0 amide bonds. The predicted molar refractivity (Wildman–Crippen MR) is 61.7 cm³/mol. The van der Waals surface area contributed by atoms with Gasteiger partial charge in [-0.3, -0.25) is 4.84 Å². The van der Waals surface area contributed by atoms with Crippen LogP contribution < -0.4 is 10.8 Å². The van der Waals surface area contributed by atoms with Gasteiger partial charge < -0.3 is 4.90 Å². The second kappa shape index (κ2) is 4.21. The molecule has 0 bridgehead atoms. The van der Waals surface area contributed by atoms with Gasteiger partial charge in [0.2, 0.25) is 0 Å². The van der Waals surface area contributed by atoms with E-state index in [2.05, 4.69) is 36.9 Å². The standard InChI is InChI=1S/C12H18N2O/c1-3-14-7-9(2)12-10(8-15-13)5-4-6-11(12)14/h4-6,9H,3,7-8,13H2,1-2H3. The van der Waals surface area contributed by atoms with E-state index in [1.807, 2.05) is 0 Å². The molecule has 0 saturated carbocycles. The Hall–Kier alpha value is -1.06. The lowest BCUT2D eigenvalue weighted by atomic mass is 9.98. The Labute approximate surface area is 90.8 Å². The first-order valence-electron chi connectivity index (χ1n) is 5.46. The zero-order valence-corrected chi connectivity index (χ0v) is 9.36. The predicted octanol–water partition coefficient (Wildman–Crippen LogP) is 2.02. The SMILES string of the molecule is CCN1CC(C)c2c(CON)cccc21. The van der Waals surface area contributed by atoms with Crippen molar-refractivity contribution in [1.82, 2.24) is 0 Å². The molecule has 1 unspecified atom stereocenters. The molecule has 0 aromatic heterocycles. The molecule has 1 aliphatic rings. The van der Waals surface area contributed by atoms with Crippen molar-refractivity contribution < 1.29 is 4.84 Å². The largest absolute Gasteiger partial charge is 0.371 e. The Bertz CT molecular complexity index is 351. The van der Waals surface area contributed by atoms with Gasteiger partial charge in [0.15, 0.2) is 0 Å². The molecule has 0 radical (unpaired) electrons. The van der Waals surface area contributed by atoms with Crippen LogP contribution in [0.1, 0.15) is 30.9 Å². The summed E-state index contributed by atoms with van der Waals surface area (Å²) in [7, 11) is 0. The molecule has 3 heteroatoms. The van der Waals surface area contributed by atoms with Crippen molar-refractivity contribution in [3.63, 3.8) is 0 Å². The third-order valence-electron chi connectivity index (χ3n) is 3.12. The maximum Gasteiger partial charge on any atom is 0.0933 e. The second-order valence-electron chi connectivity index (χ2n) is 4.10. The fraction of sp³-hybridized carbons (Fsp3) is 0.500. The fourth-order valence-electron chi connectivity index (χ4n) is 2.48. The molecule has 0 aliphatic carbocycles. The Kier molecular flexibility index (Phi) is 2.93. The summed E-state index contributed by atoms with van der Waals surface area (Å²) >= 11 is 0. The van der Waals surface area contributed by atoms with Gasteiger partial charge in [0, 0.05) is 24.7 Å². The number of rotatable bonds is 3. The van der Waals surface area contributed by atoms with Crippen molar-refractivity contribution in [2.24, 2.45) is 5.90 Å². The zero-order valence-electron chi connectivity index (χ0n) is 9.36. The summed E-state index contributed by atoms with van der Waals surface area (Å²) in [4.78, 5) is 7.15. The van der Waals surface area contributed by atoms with E-state index >= 15 is 0 Å². The second-order valence-corrected chi connectivity index (χ2v) is 4.10. The van der Waals surface area contributed by atoms with Crippen LogP contribution in [-0.4, -0.2) is 13.1 Å². The first-order valence-corrected chi connectivity index (χ1v) is 5.46. The first kappa shape index (κ1) is 10.5. The fourth-order valence-corrected chi connectivity index (χ4v) is 2.48. The van der Waals surface area contributed by atoms with Gasteiger partial charge in [-0.15, -0.1) is 0 Å². The number of likely N-dealkylation sites (N-methyl/N-ethyl adjacent to an activating group) is 1. The number of hydrogen-bond acceptors (Lipinski definition) is 3. The zero-order chi connectivity index (χ0) is 10.8. The van der Waals surface area contributed by atoms with Crippen molar-refractivity contribution in [1.29, 1.82) is 0 Å². The van der Waals surface area contributed by atoms with E-state index < -0.39 is 0 Å². The molecule has 1 aromatic carbocycles. The lowest BCUT2D eigenvalue weighted by molar-refractivity contribution is 0.123. The summed E-state index contributed by atoms with van der Waals surface area (Å²) in [6.45, 7) is 7.12. The van der Waals surface area contributed by atoms with Crippen molar-refractivity contribution in [3.05, 3.63) is 29.3 Å². The van der Waals surface area contributed by atoms with Gasteiger partial charge >= 0.3 is 0 Å². The molecule has 0 fully saturated rings. The number of anilines is 1. The molecular weight excluding hydrogens is 188 g/mol. The van der Waals surface area contributed by atoms with Gasteiger partial charge in [-0.05, 0) is 24.1 Å². The van der Waals surface area contributed by atoms with Gasteiger partial charge in [-0.25, -0.2) is 5.90 Å². The highest BCUT2D eigenvalue weighted by atomic mass is 16.6. The number of benzene rings is 1. The van der Waals surface area contributed by atoms with E-state index in [4.69, 9.17) is 10.7 Å².